The fourth-order valence-corrected chi connectivity index (χ4v) is 0.599. The Morgan fingerprint density at radius 3 is 2.30 bits per heavy atom. The summed E-state index contributed by atoms with van der Waals surface area (Å²) in [4.78, 5) is 4.18. The van der Waals surface area contributed by atoms with E-state index in [1.165, 1.54) is 0 Å². The van der Waals surface area contributed by atoms with E-state index in [0.29, 0.717) is 12.5 Å². The van der Waals surface area contributed by atoms with Crippen molar-refractivity contribution >= 4 is 26.3 Å². The van der Waals surface area contributed by atoms with Crippen LogP contribution in [0.5, 0.6) is 0 Å². The maximum Gasteiger partial charge on any atom is 0.0755 e. The Hall–Kier alpha value is 0.360. The molecule has 0 aliphatic carbocycles. The number of hydrogen-bond donors (Lipinski definition) is 1. The number of halogens is 1. The molecule has 0 amide bonds. The van der Waals surface area contributed by atoms with Gasteiger partial charge in [0.2, 0.25) is 0 Å². The van der Waals surface area contributed by atoms with Crippen LogP contribution in [0.3, 0.4) is 0 Å². The minimum Gasteiger partial charge on any atom is -0.391 e. The van der Waals surface area contributed by atoms with E-state index in [1.807, 2.05) is 0 Å². The van der Waals surface area contributed by atoms with Crippen LogP contribution in [-0.4, -0.2) is 21.5 Å². The van der Waals surface area contributed by atoms with Gasteiger partial charge in [0.05, 0.1) is 16.4 Å². The highest BCUT2D eigenvalue weighted by molar-refractivity contribution is 14.1. The molecule has 1 unspecified atom stereocenters. The van der Waals surface area contributed by atoms with Gasteiger partial charge in [-0.3, -0.25) is 4.99 Å². The van der Waals surface area contributed by atoms with Gasteiger partial charge in [-0.2, -0.15) is 0 Å². The fraction of sp³-hybridized carbons (Fsp3) is 0.857. The van der Waals surface area contributed by atoms with Crippen LogP contribution < -0.4 is 0 Å². The third-order valence-corrected chi connectivity index (χ3v) is 2.57. The molecular formula is C7H14INO. The van der Waals surface area contributed by atoms with Crippen LogP contribution in [0.15, 0.2) is 4.99 Å². The molecule has 0 radical (unpaired) electrons. The van der Waals surface area contributed by atoms with E-state index in [4.69, 9.17) is 5.11 Å². The van der Waals surface area contributed by atoms with Gasteiger partial charge in [0.1, 0.15) is 0 Å². The van der Waals surface area contributed by atoms with Crippen LogP contribution in [0.25, 0.3) is 0 Å². The van der Waals surface area contributed by atoms with Gasteiger partial charge in [-0.1, -0.05) is 13.8 Å². The molecule has 0 bridgehead atoms. The summed E-state index contributed by atoms with van der Waals surface area (Å²) in [6.07, 6.45) is -0.316. The molecule has 0 fully saturated rings. The molecule has 60 valence electrons. The maximum absolute atomic E-state index is 8.87. The number of hydrogen-bond acceptors (Lipinski definition) is 2. The molecule has 0 aliphatic rings. The quantitative estimate of drug-likeness (QED) is 0.606. The Bertz CT molecular complexity index is 121. The largest absolute Gasteiger partial charge is 0.391 e. The lowest BCUT2D eigenvalue weighted by Crippen LogP contribution is -2.07. The first kappa shape index (κ1) is 10.4. The molecule has 0 spiro atoms. The molecule has 3 heteroatoms. The van der Waals surface area contributed by atoms with E-state index < -0.39 is 0 Å². The van der Waals surface area contributed by atoms with E-state index in [9.17, 15) is 0 Å². The van der Waals surface area contributed by atoms with Gasteiger partial charge in [0.25, 0.3) is 0 Å². The van der Waals surface area contributed by atoms with Crippen LogP contribution in [0.4, 0.5) is 0 Å². The van der Waals surface area contributed by atoms with Crippen LogP contribution in [0.1, 0.15) is 20.8 Å². The van der Waals surface area contributed by atoms with Crippen molar-refractivity contribution in [2.24, 2.45) is 10.9 Å². The van der Waals surface area contributed by atoms with Crippen molar-refractivity contribution in [2.45, 2.75) is 26.9 Å². The molecule has 1 N–H and O–H groups in total. The molecule has 0 aromatic carbocycles. The zero-order valence-corrected chi connectivity index (χ0v) is 8.79. The smallest absolute Gasteiger partial charge is 0.0755 e. The topological polar surface area (TPSA) is 32.6 Å². The van der Waals surface area contributed by atoms with E-state index in [-0.39, 0.29) is 6.10 Å². The van der Waals surface area contributed by atoms with E-state index in [2.05, 4.69) is 41.4 Å². The van der Waals surface area contributed by atoms with Crippen molar-refractivity contribution in [1.82, 2.24) is 0 Å². The maximum atomic E-state index is 8.87. The molecule has 10 heavy (non-hydrogen) atoms. The summed E-state index contributed by atoms with van der Waals surface area (Å²) in [5.74, 6) is 0.486. The highest BCUT2D eigenvalue weighted by atomic mass is 127. The average molecular weight is 255 g/mol. The minimum absolute atomic E-state index is 0.316. The first-order chi connectivity index (χ1) is 4.54. The van der Waals surface area contributed by atoms with Crippen molar-refractivity contribution in [3.05, 3.63) is 0 Å². The summed E-state index contributed by atoms with van der Waals surface area (Å²) < 4.78 is 1.08. The second-order valence-electron chi connectivity index (χ2n) is 2.67. The van der Waals surface area contributed by atoms with Gasteiger partial charge in [0.15, 0.2) is 0 Å². The second kappa shape index (κ2) is 5.07. The van der Waals surface area contributed by atoms with Crippen LogP contribution in [-0.2, 0) is 0 Å². The van der Waals surface area contributed by atoms with Crippen molar-refractivity contribution in [2.75, 3.05) is 6.54 Å². The van der Waals surface area contributed by atoms with E-state index in [1.54, 1.807) is 6.92 Å². The Balaban J connectivity index is 3.69. The van der Waals surface area contributed by atoms with Gasteiger partial charge >= 0.3 is 0 Å². The predicted molar refractivity (Wildman–Crippen MR) is 52.8 cm³/mol. The molecule has 0 heterocycles. The number of nitrogens with zero attached hydrogens (tertiary/aromatic N) is 1. The van der Waals surface area contributed by atoms with Crippen molar-refractivity contribution in [3.63, 3.8) is 0 Å². The molecule has 0 saturated carbocycles. The third-order valence-electron chi connectivity index (χ3n) is 0.983. The van der Waals surface area contributed by atoms with Gasteiger partial charge < -0.3 is 5.11 Å². The average Bonchev–Trinajstić information content (AvgIpc) is 1.82. The molecule has 0 aliphatic heterocycles. The Labute approximate surface area is 75.9 Å². The summed E-state index contributed by atoms with van der Waals surface area (Å²) >= 11 is 2.20. The first-order valence-corrected chi connectivity index (χ1v) is 4.49. The second-order valence-corrected chi connectivity index (χ2v) is 3.77. The summed E-state index contributed by atoms with van der Waals surface area (Å²) in [6, 6.07) is 0. The molecule has 0 aromatic rings. The number of rotatable bonds is 3. The van der Waals surface area contributed by atoms with Crippen molar-refractivity contribution in [1.29, 1.82) is 0 Å². The van der Waals surface area contributed by atoms with Crippen molar-refractivity contribution < 1.29 is 5.11 Å². The molecule has 2 nitrogen and oxygen atoms in total. The highest BCUT2D eigenvalue weighted by Crippen LogP contribution is 2.04. The number of aliphatic hydroxyl groups excluding tert-OH is 1. The lowest BCUT2D eigenvalue weighted by atomic mass is 10.2. The molecular weight excluding hydrogens is 241 g/mol. The zero-order valence-electron chi connectivity index (χ0n) is 6.63. The minimum atomic E-state index is -0.316. The summed E-state index contributed by atoms with van der Waals surface area (Å²) in [6.45, 7) is 6.45. The SMILES string of the molecule is CC(O)C/N=C(\I)C(C)C. The molecule has 0 rings (SSSR count). The predicted octanol–water partition coefficient (Wildman–Crippen LogP) is 1.86. The summed E-state index contributed by atoms with van der Waals surface area (Å²) in [7, 11) is 0. The number of aliphatic hydroxyl groups is 1. The van der Waals surface area contributed by atoms with E-state index >= 15 is 0 Å². The summed E-state index contributed by atoms with van der Waals surface area (Å²) in [5.41, 5.74) is 0. The van der Waals surface area contributed by atoms with Crippen LogP contribution in [0.2, 0.25) is 0 Å². The van der Waals surface area contributed by atoms with Crippen molar-refractivity contribution in [3.8, 4) is 0 Å². The zero-order chi connectivity index (χ0) is 8.15. The molecule has 1 atom stereocenters. The van der Waals surface area contributed by atoms with Gasteiger partial charge in [-0.05, 0) is 29.5 Å². The normalized spacial score (nSPS) is 16.0. The first-order valence-electron chi connectivity index (χ1n) is 3.42. The van der Waals surface area contributed by atoms with Gasteiger partial charge in [-0.25, -0.2) is 0 Å². The third kappa shape index (κ3) is 5.17. The lowest BCUT2D eigenvalue weighted by molar-refractivity contribution is 0.204. The molecule has 0 aromatic heterocycles. The fourth-order valence-electron chi connectivity index (χ4n) is 0.402. The van der Waals surface area contributed by atoms with Gasteiger partial charge in [-0.15, -0.1) is 0 Å². The standard InChI is InChI=1S/C7H14INO/c1-5(2)7(8)9-4-6(3)10/h5-6,10H,4H2,1-3H3/b9-7-. The Morgan fingerprint density at radius 2 is 2.00 bits per heavy atom. The Morgan fingerprint density at radius 1 is 1.50 bits per heavy atom. The highest BCUT2D eigenvalue weighted by Gasteiger charge is 1.99. The number of aliphatic imine (C=N–C) groups is 1. The summed E-state index contributed by atoms with van der Waals surface area (Å²) in [5, 5.41) is 8.87. The Kier molecular flexibility index (Phi) is 5.25. The van der Waals surface area contributed by atoms with Crippen LogP contribution in [0, 0.1) is 5.92 Å². The van der Waals surface area contributed by atoms with Crippen LogP contribution >= 0.6 is 22.6 Å². The lowest BCUT2D eigenvalue weighted by Gasteiger charge is -2.03. The molecule has 0 saturated heterocycles. The van der Waals surface area contributed by atoms with E-state index in [0.717, 1.165) is 3.72 Å². The van der Waals surface area contributed by atoms with Gasteiger partial charge in [0, 0.05) is 5.92 Å². The monoisotopic (exact) mass is 255 g/mol.